The van der Waals surface area contributed by atoms with Gasteiger partial charge in [-0.05, 0) is 71.9 Å². The van der Waals surface area contributed by atoms with Crippen molar-refractivity contribution in [3.63, 3.8) is 0 Å². The topological polar surface area (TPSA) is 57.7 Å². The normalized spacial score (nSPS) is 15.6. The van der Waals surface area contributed by atoms with Crippen LogP contribution in [0.25, 0.3) is 0 Å². The minimum atomic E-state index is -0.414. The summed E-state index contributed by atoms with van der Waals surface area (Å²) in [6.45, 7) is 3.23. The van der Waals surface area contributed by atoms with Crippen molar-refractivity contribution in [1.29, 1.82) is 0 Å². The van der Waals surface area contributed by atoms with E-state index in [0.29, 0.717) is 5.92 Å². The summed E-state index contributed by atoms with van der Waals surface area (Å²) in [6.07, 6.45) is 3.32. The van der Waals surface area contributed by atoms with Gasteiger partial charge in [0.1, 0.15) is 0 Å². The number of benzene rings is 3. The van der Waals surface area contributed by atoms with Crippen molar-refractivity contribution in [3.05, 3.63) is 114 Å². The van der Waals surface area contributed by atoms with Gasteiger partial charge in [-0.25, -0.2) is 5.10 Å². The predicted octanol–water partition coefficient (Wildman–Crippen LogP) is 4.80. The van der Waals surface area contributed by atoms with E-state index in [1.165, 1.54) is 29.5 Å². The third-order valence-corrected chi connectivity index (χ3v) is 6.94. The molecule has 0 spiro atoms. The second-order valence-electron chi connectivity index (χ2n) is 8.66. The van der Waals surface area contributed by atoms with Crippen LogP contribution in [0, 0.1) is 0 Å². The molecule has 1 N–H and O–H groups in total. The molecule has 5 rings (SSSR count). The molecule has 0 aliphatic carbocycles. The van der Waals surface area contributed by atoms with Crippen LogP contribution in [-0.2, 0) is 5.41 Å². The summed E-state index contributed by atoms with van der Waals surface area (Å²) < 4.78 is 0. The standard InChI is InChI=1S/C27H29N5/c1-4-10-22(11-5-1)23-16-19-32(20-17-23)21-18-27(26-28-30-31-29-26,24-12-6-2-7-13-24)25-14-8-3-9-15-25/h1-15,23H,16-21H2,(H,28,29,30,31). The van der Waals surface area contributed by atoms with Crippen molar-refractivity contribution < 1.29 is 0 Å². The molecule has 1 aliphatic rings. The molecule has 1 aliphatic heterocycles. The quantitative estimate of drug-likeness (QED) is 0.464. The molecule has 32 heavy (non-hydrogen) atoms. The Kier molecular flexibility index (Phi) is 6.08. The molecule has 0 radical (unpaired) electrons. The summed E-state index contributed by atoms with van der Waals surface area (Å²) in [7, 11) is 0. The molecule has 4 aromatic rings. The summed E-state index contributed by atoms with van der Waals surface area (Å²) in [5.41, 5.74) is 3.48. The summed E-state index contributed by atoms with van der Waals surface area (Å²) in [5, 5.41) is 15.4. The first kappa shape index (κ1) is 20.6. The molecule has 5 nitrogen and oxygen atoms in total. The molecule has 1 saturated heterocycles. The zero-order chi connectivity index (χ0) is 21.6. The Morgan fingerprint density at radius 1 is 0.781 bits per heavy atom. The highest BCUT2D eigenvalue weighted by atomic mass is 15.5. The van der Waals surface area contributed by atoms with Crippen LogP contribution < -0.4 is 0 Å². The third-order valence-electron chi connectivity index (χ3n) is 6.94. The first-order chi connectivity index (χ1) is 15.9. The molecule has 0 unspecified atom stereocenters. The number of likely N-dealkylation sites (tertiary alicyclic amines) is 1. The maximum Gasteiger partial charge on any atom is 0.163 e. The fourth-order valence-corrected chi connectivity index (χ4v) is 5.17. The van der Waals surface area contributed by atoms with E-state index >= 15 is 0 Å². The number of aromatic amines is 1. The third kappa shape index (κ3) is 4.08. The Labute approximate surface area is 189 Å². The van der Waals surface area contributed by atoms with Crippen LogP contribution >= 0.6 is 0 Å². The van der Waals surface area contributed by atoms with Crippen molar-refractivity contribution in [3.8, 4) is 0 Å². The Bertz CT molecular complexity index is 1030. The maximum atomic E-state index is 4.42. The van der Waals surface area contributed by atoms with Gasteiger partial charge < -0.3 is 4.90 Å². The molecular formula is C27H29N5. The first-order valence-electron chi connectivity index (χ1n) is 11.5. The van der Waals surface area contributed by atoms with Crippen LogP contribution in [0.4, 0.5) is 0 Å². The van der Waals surface area contributed by atoms with Crippen molar-refractivity contribution in [1.82, 2.24) is 25.5 Å². The molecule has 1 aromatic heterocycles. The van der Waals surface area contributed by atoms with Crippen LogP contribution in [0.5, 0.6) is 0 Å². The van der Waals surface area contributed by atoms with Gasteiger partial charge in [-0.2, -0.15) is 0 Å². The van der Waals surface area contributed by atoms with E-state index in [2.05, 4.69) is 117 Å². The number of H-pyrrole nitrogens is 1. The summed E-state index contributed by atoms with van der Waals surface area (Å²) in [4.78, 5) is 2.60. The van der Waals surface area contributed by atoms with E-state index in [1.807, 2.05) is 0 Å². The van der Waals surface area contributed by atoms with Gasteiger partial charge in [0.25, 0.3) is 0 Å². The molecular weight excluding hydrogens is 394 g/mol. The molecule has 1 fully saturated rings. The van der Waals surface area contributed by atoms with Crippen LogP contribution in [0.15, 0.2) is 91.0 Å². The molecule has 2 heterocycles. The van der Waals surface area contributed by atoms with Gasteiger partial charge in [0, 0.05) is 0 Å². The van der Waals surface area contributed by atoms with Crippen LogP contribution in [0.3, 0.4) is 0 Å². The molecule has 0 amide bonds. The molecule has 162 valence electrons. The smallest absolute Gasteiger partial charge is 0.163 e. The number of hydrogen-bond donors (Lipinski definition) is 1. The SMILES string of the molecule is c1ccc(C2CCN(CCC(c3ccccc3)(c3ccccc3)c3nnn[nH]3)CC2)cc1. The number of hydrogen-bond acceptors (Lipinski definition) is 4. The van der Waals surface area contributed by atoms with Crippen LogP contribution in [0.1, 0.15) is 47.7 Å². The van der Waals surface area contributed by atoms with E-state index in [0.717, 1.165) is 31.9 Å². The monoisotopic (exact) mass is 423 g/mol. The minimum Gasteiger partial charge on any atom is -0.303 e. The lowest BCUT2D eigenvalue weighted by molar-refractivity contribution is 0.200. The van der Waals surface area contributed by atoms with Gasteiger partial charge in [0.05, 0.1) is 5.41 Å². The Balaban J connectivity index is 1.40. The number of tetrazole rings is 1. The second kappa shape index (κ2) is 9.45. The highest BCUT2D eigenvalue weighted by Crippen LogP contribution is 2.40. The van der Waals surface area contributed by atoms with E-state index in [9.17, 15) is 0 Å². The molecule has 0 bridgehead atoms. The summed E-state index contributed by atoms with van der Waals surface area (Å²) in [5.74, 6) is 1.47. The predicted molar refractivity (Wildman–Crippen MR) is 126 cm³/mol. The van der Waals surface area contributed by atoms with Gasteiger partial charge in [0.2, 0.25) is 0 Å². The van der Waals surface area contributed by atoms with Crippen molar-refractivity contribution in [2.24, 2.45) is 0 Å². The fourth-order valence-electron chi connectivity index (χ4n) is 5.17. The average Bonchev–Trinajstić information content (AvgIpc) is 3.42. The number of aromatic nitrogens is 4. The van der Waals surface area contributed by atoms with Crippen molar-refractivity contribution in [2.45, 2.75) is 30.6 Å². The maximum absolute atomic E-state index is 4.42. The van der Waals surface area contributed by atoms with E-state index in [4.69, 9.17) is 0 Å². The Hall–Kier alpha value is -3.31. The molecule has 5 heteroatoms. The Morgan fingerprint density at radius 2 is 1.34 bits per heavy atom. The Morgan fingerprint density at radius 3 is 1.88 bits per heavy atom. The summed E-state index contributed by atoms with van der Waals surface area (Å²) in [6, 6.07) is 32.2. The van der Waals surface area contributed by atoms with Gasteiger partial charge in [-0.15, -0.1) is 5.10 Å². The van der Waals surface area contributed by atoms with Crippen LogP contribution in [0.2, 0.25) is 0 Å². The molecule has 3 aromatic carbocycles. The van der Waals surface area contributed by atoms with Crippen LogP contribution in [-0.4, -0.2) is 45.2 Å². The lowest BCUT2D eigenvalue weighted by Crippen LogP contribution is -2.39. The van der Waals surface area contributed by atoms with Gasteiger partial charge in [0.15, 0.2) is 5.82 Å². The molecule has 0 saturated carbocycles. The zero-order valence-corrected chi connectivity index (χ0v) is 18.3. The minimum absolute atomic E-state index is 0.414. The lowest BCUT2D eigenvalue weighted by Gasteiger charge is -2.37. The van der Waals surface area contributed by atoms with Gasteiger partial charge in [-0.1, -0.05) is 91.0 Å². The van der Waals surface area contributed by atoms with Gasteiger partial charge >= 0.3 is 0 Å². The number of nitrogens with zero attached hydrogens (tertiary/aromatic N) is 4. The number of rotatable bonds is 7. The highest BCUT2D eigenvalue weighted by Gasteiger charge is 2.40. The first-order valence-corrected chi connectivity index (χ1v) is 11.5. The summed E-state index contributed by atoms with van der Waals surface area (Å²) >= 11 is 0. The van der Waals surface area contributed by atoms with Crippen molar-refractivity contribution >= 4 is 0 Å². The van der Waals surface area contributed by atoms with E-state index in [-0.39, 0.29) is 0 Å². The molecule has 0 atom stereocenters. The van der Waals surface area contributed by atoms with E-state index in [1.54, 1.807) is 0 Å². The fraction of sp³-hybridized carbons (Fsp3) is 0.296. The lowest BCUT2D eigenvalue weighted by atomic mass is 9.71. The largest absolute Gasteiger partial charge is 0.303 e. The van der Waals surface area contributed by atoms with Crippen molar-refractivity contribution in [2.75, 3.05) is 19.6 Å². The van der Waals surface area contributed by atoms with E-state index < -0.39 is 5.41 Å². The number of piperidine rings is 1. The number of nitrogens with one attached hydrogen (secondary N) is 1. The average molecular weight is 424 g/mol. The highest BCUT2D eigenvalue weighted by molar-refractivity contribution is 5.45. The van der Waals surface area contributed by atoms with Gasteiger partial charge in [-0.3, -0.25) is 0 Å². The second-order valence-corrected chi connectivity index (χ2v) is 8.66. The zero-order valence-electron chi connectivity index (χ0n) is 18.3.